The lowest BCUT2D eigenvalue weighted by Crippen LogP contribution is -1.95. The number of phenols is 2. The lowest BCUT2D eigenvalue weighted by molar-refractivity contribution is 0.315. The van der Waals surface area contributed by atoms with Crippen LogP contribution in [0.3, 0.4) is 0 Å². The highest BCUT2D eigenvalue weighted by Gasteiger charge is 2.02. The zero-order chi connectivity index (χ0) is 18.8. The molecular weight excluding hydrogens is 332 g/mol. The van der Waals surface area contributed by atoms with Gasteiger partial charge >= 0.3 is 0 Å². The van der Waals surface area contributed by atoms with Crippen molar-refractivity contribution >= 4 is 12.4 Å². The molecule has 2 aromatic rings. The van der Waals surface area contributed by atoms with E-state index < -0.39 is 0 Å². The van der Waals surface area contributed by atoms with E-state index in [1.165, 1.54) is 12.4 Å². The molecule has 0 spiro atoms. The van der Waals surface area contributed by atoms with Crippen molar-refractivity contribution in [2.45, 2.75) is 26.7 Å². The summed E-state index contributed by atoms with van der Waals surface area (Å²) in [6.45, 7) is 5.23. The first kappa shape index (κ1) is 19.3. The minimum absolute atomic E-state index is 0.0674. The normalized spacial score (nSPS) is 11.3. The number of aromatic hydroxyl groups is 2. The fourth-order valence-electron chi connectivity index (χ4n) is 2.08. The highest BCUT2D eigenvalue weighted by Crippen LogP contribution is 2.23. The van der Waals surface area contributed by atoms with Gasteiger partial charge in [0.1, 0.15) is 23.0 Å². The van der Waals surface area contributed by atoms with Gasteiger partial charge in [-0.1, -0.05) is 13.8 Å². The molecule has 0 aliphatic carbocycles. The average Bonchev–Trinajstić information content (AvgIpc) is 2.64. The Morgan fingerprint density at radius 2 is 1.19 bits per heavy atom. The Balaban J connectivity index is 1.99. The van der Waals surface area contributed by atoms with Crippen LogP contribution in [-0.2, 0) is 0 Å². The van der Waals surface area contributed by atoms with Crippen LogP contribution in [0.15, 0.2) is 46.6 Å². The average molecular weight is 356 g/mol. The monoisotopic (exact) mass is 356 g/mol. The van der Waals surface area contributed by atoms with Gasteiger partial charge in [-0.25, -0.2) is 0 Å². The standard InChI is InChI=1S/C20H24N2O4/c1-3-9-25-17-7-5-15(19(23)11-17)13-21-22-14-16-6-8-18(12-20(16)24)26-10-4-2/h5-8,11-14,23-24H,3-4,9-10H2,1-2H3/b21-13+,22-14+. The fraction of sp³-hybridized carbons (Fsp3) is 0.300. The second-order valence-corrected chi connectivity index (χ2v) is 5.63. The van der Waals surface area contributed by atoms with Gasteiger partial charge in [0, 0.05) is 23.3 Å². The van der Waals surface area contributed by atoms with Gasteiger partial charge < -0.3 is 19.7 Å². The number of hydrogen-bond donors (Lipinski definition) is 2. The van der Waals surface area contributed by atoms with Crippen LogP contribution in [0.4, 0.5) is 0 Å². The van der Waals surface area contributed by atoms with E-state index in [0.717, 1.165) is 12.8 Å². The lowest BCUT2D eigenvalue weighted by atomic mass is 10.2. The van der Waals surface area contributed by atoms with Gasteiger partial charge in [-0.05, 0) is 37.1 Å². The van der Waals surface area contributed by atoms with Gasteiger partial charge in [-0.3, -0.25) is 0 Å². The molecule has 0 aliphatic heterocycles. The molecule has 6 nitrogen and oxygen atoms in total. The van der Waals surface area contributed by atoms with Crippen LogP contribution >= 0.6 is 0 Å². The zero-order valence-corrected chi connectivity index (χ0v) is 15.1. The molecule has 26 heavy (non-hydrogen) atoms. The number of ether oxygens (including phenoxy) is 2. The molecule has 2 rings (SSSR count). The quantitative estimate of drug-likeness (QED) is 0.523. The first-order valence-corrected chi connectivity index (χ1v) is 8.62. The van der Waals surface area contributed by atoms with Crippen molar-refractivity contribution in [1.29, 1.82) is 0 Å². The van der Waals surface area contributed by atoms with Gasteiger partial charge in [0.25, 0.3) is 0 Å². The van der Waals surface area contributed by atoms with Crippen LogP contribution in [0.5, 0.6) is 23.0 Å². The molecule has 2 aromatic carbocycles. The van der Waals surface area contributed by atoms with Gasteiger partial charge in [0.2, 0.25) is 0 Å². The Morgan fingerprint density at radius 3 is 1.54 bits per heavy atom. The maximum absolute atomic E-state index is 9.98. The van der Waals surface area contributed by atoms with E-state index in [-0.39, 0.29) is 11.5 Å². The molecule has 0 saturated heterocycles. The van der Waals surface area contributed by atoms with Crippen molar-refractivity contribution in [1.82, 2.24) is 0 Å². The molecular formula is C20H24N2O4. The molecule has 0 amide bonds. The molecule has 0 radical (unpaired) electrons. The number of nitrogens with zero attached hydrogens (tertiary/aromatic N) is 2. The van der Waals surface area contributed by atoms with Crippen molar-refractivity contribution in [3.63, 3.8) is 0 Å². The third-order valence-corrected chi connectivity index (χ3v) is 3.41. The van der Waals surface area contributed by atoms with E-state index in [0.29, 0.717) is 35.8 Å². The highest BCUT2D eigenvalue weighted by molar-refractivity contribution is 5.86. The predicted molar refractivity (Wildman–Crippen MR) is 103 cm³/mol. The van der Waals surface area contributed by atoms with E-state index in [9.17, 15) is 10.2 Å². The fourth-order valence-corrected chi connectivity index (χ4v) is 2.08. The minimum atomic E-state index is 0.0674. The van der Waals surface area contributed by atoms with Crippen LogP contribution in [0.25, 0.3) is 0 Å². The summed E-state index contributed by atoms with van der Waals surface area (Å²) in [7, 11) is 0. The van der Waals surface area contributed by atoms with Gasteiger partial charge in [-0.2, -0.15) is 10.2 Å². The van der Waals surface area contributed by atoms with Crippen molar-refractivity contribution in [3.8, 4) is 23.0 Å². The van der Waals surface area contributed by atoms with E-state index in [4.69, 9.17) is 9.47 Å². The number of benzene rings is 2. The summed E-state index contributed by atoms with van der Waals surface area (Å²) in [6.07, 6.45) is 4.67. The second kappa shape index (κ2) is 10.1. The maximum atomic E-state index is 9.98. The summed E-state index contributed by atoms with van der Waals surface area (Å²) in [5.74, 6) is 1.36. The summed E-state index contributed by atoms with van der Waals surface area (Å²) in [5, 5.41) is 27.8. The molecule has 138 valence electrons. The third kappa shape index (κ3) is 5.81. The largest absolute Gasteiger partial charge is 0.507 e. The minimum Gasteiger partial charge on any atom is -0.507 e. The van der Waals surface area contributed by atoms with Gasteiger partial charge in [-0.15, -0.1) is 0 Å². The Bertz CT molecular complexity index is 707. The molecule has 0 aliphatic rings. The Hall–Kier alpha value is -3.02. The molecule has 0 fully saturated rings. The maximum Gasteiger partial charge on any atom is 0.128 e. The van der Waals surface area contributed by atoms with Crippen LogP contribution in [-0.4, -0.2) is 35.9 Å². The number of phenolic OH excluding ortho intramolecular Hbond substituents is 2. The molecule has 2 N–H and O–H groups in total. The van der Waals surface area contributed by atoms with Crippen LogP contribution in [0, 0.1) is 0 Å². The molecule has 0 saturated carbocycles. The molecule has 0 atom stereocenters. The molecule has 6 heteroatoms. The predicted octanol–water partition coefficient (Wildman–Crippen LogP) is 4.13. The Kier molecular flexibility index (Phi) is 7.49. The summed E-state index contributed by atoms with van der Waals surface area (Å²) in [5.41, 5.74) is 1.05. The summed E-state index contributed by atoms with van der Waals surface area (Å²) in [4.78, 5) is 0. The van der Waals surface area contributed by atoms with E-state index in [2.05, 4.69) is 10.2 Å². The van der Waals surface area contributed by atoms with Crippen molar-refractivity contribution in [2.75, 3.05) is 13.2 Å². The Morgan fingerprint density at radius 1 is 0.769 bits per heavy atom. The summed E-state index contributed by atoms with van der Waals surface area (Å²) < 4.78 is 10.9. The number of hydrogen-bond acceptors (Lipinski definition) is 6. The topological polar surface area (TPSA) is 83.6 Å². The second-order valence-electron chi connectivity index (χ2n) is 5.63. The molecule has 0 bridgehead atoms. The van der Waals surface area contributed by atoms with Crippen molar-refractivity contribution in [3.05, 3.63) is 47.5 Å². The van der Waals surface area contributed by atoms with Crippen LogP contribution in [0.1, 0.15) is 37.8 Å². The van der Waals surface area contributed by atoms with E-state index in [1.807, 2.05) is 13.8 Å². The summed E-state index contributed by atoms with van der Waals surface area (Å²) in [6, 6.07) is 10.0. The van der Waals surface area contributed by atoms with E-state index >= 15 is 0 Å². The molecule has 0 aromatic heterocycles. The first-order chi connectivity index (χ1) is 12.6. The van der Waals surface area contributed by atoms with Crippen LogP contribution in [0.2, 0.25) is 0 Å². The zero-order valence-electron chi connectivity index (χ0n) is 15.1. The molecule has 0 unspecified atom stereocenters. The first-order valence-electron chi connectivity index (χ1n) is 8.62. The van der Waals surface area contributed by atoms with Gasteiger partial charge in [0.05, 0.1) is 25.6 Å². The lowest BCUT2D eigenvalue weighted by Gasteiger charge is -2.06. The smallest absolute Gasteiger partial charge is 0.128 e. The van der Waals surface area contributed by atoms with Crippen LogP contribution < -0.4 is 9.47 Å². The van der Waals surface area contributed by atoms with E-state index in [1.54, 1.807) is 36.4 Å². The van der Waals surface area contributed by atoms with Crippen molar-refractivity contribution < 1.29 is 19.7 Å². The third-order valence-electron chi connectivity index (χ3n) is 3.41. The van der Waals surface area contributed by atoms with Gasteiger partial charge in [0.15, 0.2) is 0 Å². The highest BCUT2D eigenvalue weighted by atomic mass is 16.5. The molecule has 0 heterocycles. The Labute approximate surface area is 153 Å². The SMILES string of the molecule is CCCOc1ccc(/C=N/N=C/c2ccc(OCCC)cc2O)c(O)c1. The van der Waals surface area contributed by atoms with Crippen molar-refractivity contribution in [2.24, 2.45) is 10.2 Å². The number of rotatable bonds is 9. The summed E-state index contributed by atoms with van der Waals surface area (Å²) >= 11 is 0.